The fraction of sp³-hybridized carbons (Fsp3) is 0.875. The first-order valence-corrected chi connectivity index (χ1v) is 8.03. The third-order valence-electron chi connectivity index (χ3n) is 4.82. The van der Waals surface area contributed by atoms with Crippen LogP contribution in [0.25, 0.3) is 0 Å². The number of rotatable bonds is 1. The van der Waals surface area contributed by atoms with Crippen molar-refractivity contribution in [1.29, 1.82) is 0 Å². The van der Waals surface area contributed by atoms with Crippen molar-refractivity contribution in [2.75, 3.05) is 0 Å². The molecule has 0 radical (unpaired) electrons. The minimum Gasteiger partial charge on any atom is -0.244 e. The SMILES string of the molecule is Cc1nnn(C2(C)CCCCCCCCCC2)c1C. The topological polar surface area (TPSA) is 30.7 Å². The maximum atomic E-state index is 4.43. The molecule has 0 unspecified atom stereocenters. The number of nitrogens with zero attached hydrogens (tertiary/aromatic N) is 3. The van der Waals surface area contributed by atoms with Crippen LogP contribution in [0.15, 0.2) is 0 Å². The van der Waals surface area contributed by atoms with Crippen LogP contribution in [-0.2, 0) is 5.54 Å². The van der Waals surface area contributed by atoms with Crippen LogP contribution in [0, 0.1) is 13.8 Å². The minimum atomic E-state index is 0.176. The highest BCUT2D eigenvalue weighted by atomic mass is 15.5. The van der Waals surface area contributed by atoms with Gasteiger partial charge in [0.05, 0.1) is 16.9 Å². The maximum absolute atomic E-state index is 4.43. The molecule has 1 aliphatic rings. The molecular weight excluding hydrogens is 234 g/mol. The van der Waals surface area contributed by atoms with E-state index in [-0.39, 0.29) is 5.54 Å². The summed E-state index contributed by atoms with van der Waals surface area (Å²) >= 11 is 0. The molecule has 1 saturated carbocycles. The van der Waals surface area contributed by atoms with E-state index in [1.54, 1.807) is 0 Å². The highest BCUT2D eigenvalue weighted by Gasteiger charge is 2.28. The number of hydrogen-bond acceptors (Lipinski definition) is 2. The second-order valence-electron chi connectivity index (χ2n) is 6.50. The van der Waals surface area contributed by atoms with Crippen molar-refractivity contribution in [3.8, 4) is 0 Å². The fourth-order valence-electron chi connectivity index (χ4n) is 3.33. The van der Waals surface area contributed by atoms with E-state index >= 15 is 0 Å². The Morgan fingerprint density at radius 2 is 1.32 bits per heavy atom. The molecule has 108 valence electrons. The Kier molecular flexibility index (Phi) is 5.00. The van der Waals surface area contributed by atoms with Crippen LogP contribution in [0.5, 0.6) is 0 Å². The van der Waals surface area contributed by atoms with E-state index in [2.05, 4.69) is 35.8 Å². The van der Waals surface area contributed by atoms with Crippen molar-refractivity contribution in [2.45, 2.75) is 90.5 Å². The number of aromatic nitrogens is 3. The third kappa shape index (κ3) is 3.58. The quantitative estimate of drug-likeness (QED) is 0.745. The monoisotopic (exact) mass is 263 g/mol. The van der Waals surface area contributed by atoms with Crippen molar-refractivity contribution >= 4 is 0 Å². The lowest BCUT2D eigenvalue weighted by Crippen LogP contribution is -2.32. The zero-order chi connectivity index (χ0) is 13.7. The first-order chi connectivity index (χ1) is 9.13. The molecule has 0 spiro atoms. The van der Waals surface area contributed by atoms with Gasteiger partial charge in [-0.3, -0.25) is 0 Å². The lowest BCUT2D eigenvalue weighted by molar-refractivity contribution is 0.220. The van der Waals surface area contributed by atoms with Crippen molar-refractivity contribution < 1.29 is 0 Å². The first-order valence-electron chi connectivity index (χ1n) is 8.03. The fourth-order valence-corrected chi connectivity index (χ4v) is 3.33. The van der Waals surface area contributed by atoms with Crippen LogP contribution in [0.1, 0.15) is 82.5 Å². The van der Waals surface area contributed by atoms with Crippen LogP contribution >= 0.6 is 0 Å². The Hall–Kier alpha value is -0.860. The summed E-state index contributed by atoms with van der Waals surface area (Å²) in [4.78, 5) is 0. The zero-order valence-corrected chi connectivity index (χ0v) is 12.9. The van der Waals surface area contributed by atoms with E-state index in [9.17, 15) is 0 Å². The van der Waals surface area contributed by atoms with E-state index in [1.807, 2.05) is 0 Å². The molecular formula is C16H29N3. The standard InChI is InChI=1S/C16H29N3/c1-14-15(2)19(18-17-14)16(3)12-10-8-6-4-5-7-9-11-13-16/h4-13H2,1-3H3. The van der Waals surface area contributed by atoms with Gasteiger partial charge in [0.25, 0.3) is 0 Å². The first kappa shape index (κ1) is 14.5. The lowest BCUT2D eigenvalue weighted by atomic mass is 9.88. The molecule has 0 saturated heterocycles. The average Bonchev–Trinajstić information content (AvgIpc) is 2.70. The number of aryl methyl sites for hydroxylation is 1. The van der Waals surface area contributed by atoms with Gasteiger partial charge in [0, 0.05) is 0 Å². The maximum Gasteiger partial charge on any atom is 0.0825 e. The Labute approximate surface area is 117 Å². The van der Waals surface area contributed by atoms with Gasteiger partial charge in [0.2, 0.25) is 0 Å². The van der Waals surface area contributed by atoms with Gasteiger partial charge in [0.1, 0.15) is 0 Å². The van der Waals surface area contributed by atoms with Crippen LogP contribution in [0.4, 0.5) is 0 Å². The second kappa shape index (κ2) is 6.53. The van der Waals surface area contributed by atoms with Gasteiger partial charge in [-0.2, -0.15) is 0 Å². The summed E-state index contributed by atoms with van der Waals surface area (Å²) in [6, 6.07) is 0. The van der Waals surface area contributed by atoms with E-state index in [4.69, 9.17) is 0 Å². The van der Waals surface area contributed by atoms with Gasteiger partial charge in [-0.1, -0.05) is 56.6 Å². The minimum absolute atomic E-state index is 0.176. The summed E-state index contributed by atoms with van der Waals surface area (Å²) in [6.45, 7) is 6.60. The second-order valence-corrected chi connectivity index (χ2v) is 6.50. The molecule has 0 N–H and O–H groups in total. The zero-order valence-electron chi connectivity index (χ0n) is 12.9. The highest BCUT2D eigenvalue weighted by molar-refractivity contribution is 5.07. The summed E-state index contributed by atoms with van der Waals surface area (Å²) in [5.41, 5.74) is 2.50. The average molecular weight is 263 g/mol. The van der Waals surface area contributed by atoms with Crippen molar-refractivity contribution in [2.24, 2.45) is 0 Å². The molecule has 0 aliphatic heterocycles. The molecule has 0 atom stereocenters. The summed E-state index contributed by atoms with van der Waals surface area (Å²) in [5.74, 6) is 0. The van der Waals surface area contributed by atoms with Gasteiger partial charge in [-0.15, -0.1) is 5.10 Å². The summed E-state index contributed by atoms with van der Waals surface area (Å²) in [7, 11) is 0. The highest BCUT2D eigenvalue weighted by Crippen LogP contribution is 2.32. The van der Waals surface area contributed by atoms with Gasteiger partial charge in [0.15, 0.2) is 0 Å². The Morgan fingerprint density at radius 1 is 0.842 bits per heavy atom. The molecule has 3 heteroatoms. The van der Waals surface area contributed by atoms with E-state index in [1.165, 1.54) is 69.9 Å². The van der Waals surface area contributed by atoms with E-state index in [0.717, 1.165) is 5.69 Å². The van der Waals surface area contributed by atoms with Gasteiger partial charge < -0.3 is 0 Å². The normalized spacial score (nSPS) is 21.8. The molecule has 1 aliphatic carbocycles. The smallest absolute Gasteiger partial charge is 0.0825 e. The summed E-state index contributed by atoms with van der Waals surface area (Å²) < 4.78 is 2.21. The molecule has 1 aromatic heterocycles. The molecule has 1 fully saturated rings. The van der Waals surface area contributed by atoms with E-state index in [0.29, 0.717) is 0 Å². The van der Waals surface area contributed by atoms with Gasteiger partial charge in [-0.25, -0.2) is 4.68 Å². The van der Waals surface area contributed by atoms with Gasteiger partial charge >= 0.3 is 0 Å². The summed E-state index contributed by atoms with van der Waals surface area (Å²) in [6.07, 6.45) is 13.6. The molecule has 0 aromatic carbocycles. The van der Waals surface area contributed by atoms with E-state index < -0.39 is 0 Å². The van der Waals surface area contributed by atoms with Crippen molar-refractivity contribution in [3.63, 3.8) is 0 Å². The molecule has 0 bridgehead atoms. The lowest BCUT2D eigenvalue weighted by Gasteiger charge is -2.31. The molecule has 1 aromatic rings. The summed E-state index contributed by atoms with van der Waals surface area (Å²) in [5, 5.41) is 8.69. The molecule has 1 heterocycles. The van der Waals surface area contributed by atoms with Crippen LogP contribution in [0.2, 0.25) is 0 Å². The van der Waals surface area contributed by atoms with Gasteiger partial charge in [-0.05, 0) is 33.6 Å². The van der Waals surface area contributed by atoms with Crippen LogP contribution in [-0.4, -0.2) is 15.0 Å². The van der Waals surface area contributed by atoms with Crippen LogP contribution in [0.3, 0.4) is 0 Å². The van der Waals surface area contributed by atoms with Crippen molar-refractivity contribution in [1.82, 2.24) is 15.0 Å². The molecule has 2 rings (SSSR count). The Balaban J connectivity index is 2.13. The van der Waals surface area contributed by atoms with Crippen LogP contribution < -0.4 is 0 Å². The molecule has 19 heavy (non-hydrogen) atoms. The predicted octanol–water partition coefficient (Wildman–Crippen LogP) is 4.52. The third-order valence-corrected chi connectivity index (χ3v) is 4.82. The predicted molar refractivity (Wildman–Crippen MR) is 79.3 cm³/mol. The molecule has 3 nitrogen and oxygen atoms in total. The van der Waals surface area contributed by atoms with Crippen molar-refractivity contribution in [3.05, 3.63) is 11.4 Å². The largest absolute Gasteiger partial charge is 0.244 e. The number of hydrogen-bond donors (Lipinski definition) is 0. The molecule has 0 amide bonds. The Bertz CT molecular complexity index is 383. The Morgan fingerprint density at radius 3 is 1.74 bits per heavy atom.